The standard InChI is InChI=1S/C14H9BrF2OS/c15-11-4-2-1-3-10(11)13(18)8-19-14-7-9(16)5-6-12(14)17/h1-7H,8H2. The number of rotatable bonds is 4. The maximum Gasteiger partial charge on any atom is 0.174 e. The third kappa shape index (κ3) is 3.64. The molecule has 2 aromatic carbocycles. The molecule has 0 fully saturated rings. The molecule has 0 aliphatic carbocycles. The number of benzene rings is 2. The molecule has 0 saturated heterocycles. The first-order valence-electron chi connectivity index (χ1n) is 5.43. The van der Waals surface area contributed by atoms with Gasteiger partial charge in [-0.1, -0.05) is 34.1 Å². The molecule has 0 unspecified atom stereocenters. The highest BCUT2D eigenvalue weighted by Crippen LogP contribution is 2.25. The van der Waals surface area contributed by atoms with Gasteiger partial charge >= 0.3 is 0 Å². The van der Waals surface area contributed by atoms with Crippen LogP contribution in [0.25, 0.3) is 0 Å². The molecule has 0 bridgehead atoms. The minimum absolute atomic E-state index is 0.0585. The fourth-order valence-electron chi connectivity index (χ4n) is 1.50. The third-order valence-corrected chi connectivity index (χ3v) is 4.15. The summed E-state index contributed by atoms with van der Waals surface area (Å²) in [5.41, 5.74) is 0.534. The zero-order valence-electron chi connectivity index (χ0n) is 9.70. The molecule has 2 rings (SSSR count). The summed E-state index contributed by atoms with van der Waals surface area (Å²) in [4.78, 5) is 12.1. The maximum atomic E-state index is 13.4. The van der Waals surface area contributed by atoms with E-state index in [0.29, 0.717) is 10.0 Å². The van der Waals surface area contributed by atoms with Crippen molar-refractivity contribution in [1.29, 1.82) is 0 Å². The molecule has 0 heterocycles. The lowest BCUT2D eigenvalue weighted by atomic mass is 10.1. The number of hydrogen-bond donors (Lipinski definition) is 0. The van der Waals surface area contributed by atoms with Crippen LogP contribution in [0.4, 0.5) is 8.78 Å². The molecule has 5 heteroatoms. The number of Topliss-reactive ketones (excluding diaryl/α,β-unsaturated/α-hetero) is 1. The predicted octanol–water partition coefficient (Wildman–Crippen LogP) is 4.70. The van der Waals surface area contributed by atoms with Crippen molar-refractivity contribution < 1.29 is 13.6 Å². The van der Waals surface area contributed by atoms with Crippen LogP contribution >= 0.6 is 27.7 Å². The number of carbonyl (C=O) groups excluding carboxylic acids is 1. The van der Waals surface area contributed by atoms with Crippen molar-refractivity contribution in [3.63, 3.8) is 0 Å². The van der Waals surface area contributed by atoms with E-state index in [1.165, 1.54) is 0 Å². The summed E-state index contributed by atoms with van der Waals surface area (Å²) in [6.45, 7) is 0. The number of hydrogen-bond acceptors (Lipinski definition) is 2. The van der Waals surface area contributed by atoms with E-state index in [9.17, 15) is 13.6 Å². The molecule has 0 aliphatic heterocycles. The Kier molecular flexibility index (Phi) is 4.71. The molecule has 0 amide bonds. The zero-order valence-corrected chi connectivity index (χ0v) is 12.1. The maximum absolute atomic E-state index is 13.4. The fraction of sp³-hybridized carbons (Fsp3) is 0.0714. The van der Waals surface area contributed by atoms with Crippen LogP contribution in [-0.2, 0) is 0 Å². The molecule has 0 aliphatic rings. The van der Waals surface area contributed by atoms with E-state index in [-0.39, 0.29) is 16.4 Å². The minimum Gasteiger partial charge on any atom is -0.293 e. The summed E-state index contributed by atoms with van der Waals surface area (Å²) < 4.78 is 27.1. The molecule has 0 saturated carbocycles. The van der Waals surface area contributed by atoms with Crippen LogP contribution in [0.5, 0.6) is 0 Å². The summed E-state index contributed by atoms with van der Waals surface area (Å²) in [5.74, 6) is -1.12. The summed E-state index contributed by atoms with van der Waals surface area (Å²) in [5, 5.41) is 0. The van der Waals surface area contributed by atoms with Crippen LogP contribution < -0.4 is 0 Å². The normalized spacial score (nSPS) is 10.5. The molecule has 1 nitrogen and oxygen atoms in total. The van der Waals surface area contributed by atoms with Gasteiger partial charge in [0.1, 0.15) is 11.6 Å². The Morgan fingerprint density at radius 3 is 2.63 bits per heavy atom. The fourth-order valence-corrected chi connectivity index (χ4v) is 2.85. The molecule has 0 spiro atoms. The van der Waals surface area contributed by atoms with Crippen molar-refractivity contribution in [3.8, 4) is 0 Å². The van der Waals surface area contributed by atoms with Gasteiger partial charge in [-0.2, -0.15) is 0 Å². The van der Waals surface area contributed by atoms with Crippen LogP contribution in [-0.4, -0.2) is 11.5 Å². The monoisotopic (exact) mass is 342 g/mol. The van der Waals surface area contributed by atoms with Crippen LogP contribution in [0.1, 0.15) is 10.4 Å². The highest BCUT2D eigenvalue weighted by atomic mass is 79.9. The first-order chi connectivity index (χ1) is 9.08. The molecule has 0 N–H and O–H groups in total. The lowest BCUT2D eigenvalue weighted by Crippen LogP contribution is -2.03. The Morgan fingerprint density at radius 2 is 1.89 bits per heavy atom. The quantitative estimate of drug-likeness (QED) is 0.591. The van der Waals surface area contributed by atoms with Crippen LogP contribution in [0.15, 0.2) is 51.8 Å². The molecule has 0 atom stereocenters. The van der Waals surface area contributed by atoms with E-state index in [2.05, 4.69) is 15.9 Å². The molecular weight excluding hydrogens is 334 g/mol. The SMILES string of the molecule is O=C(CSc1cc(F)ccc1F)c1ccccc1Br. The average Bonchev–Trinajstić information content (AvgIpc) is 2.40. The van der Waals surface area contributed by atoms with Crippen molar-refractivity contribution >= 4 is 33.5 Å². The van der Waals surface area contributed by atoms with Gasteiger partial charge in [0.25, 0.3) is 0 Å². The second-order valence-electron chi connectivity index (χ2n) is 3.77. The van der Waals surface area contributed by atoms with E-state index in [1.807, 2.05) is 0 Å². The van der Waals surface area contributed by atoms with Crippen LogP contribution in [0, 0.1) is 11.6 Å². The Morgan fingerprint density at radius 1 is 1.16 bits per heavy atom. The molecule has 19 heavy (non-hydrogen) atoms. The highest BCUT2D eigenvalue weighted by molar-refractivity contribution is 9.10. The van der Waals surface area contributed by atoms with Crippen molar-refractivity contribution in [2.75, 3.05) is 5.75 Å². The van der Waals surface area contributed by atoms with Crippen molar-refractivity contribution in [2.24, 2.45) is 0 Å². The Labute approximate surface area is 122 Å². The Hall–Kier alpha value is -1.20. The average molecular weight is 343 g/mol. The van der Waals surface area contributed by atoms with E-state index >= 15 is 0 Å². The summed E-state index contributed by atoms with van der Waals surface area (Å²) >= 11 is 4.27. The number of ketones is 1. The number of halogens is 3. The van der Waals surface area contributed by atoms with Gasteiger partial charge in [0.05, 0.1) is 5.75 Å². The Bertz CT molecular complexity index is 616. The lowest BCUT2D eigenvalue weighted by molar-refractivity contribution is 0.102. The van der Waals surface area contributed by atoms with E-state index in [0.717, 1.165) is 30.0 Å². The van der Waals surface area contributed by atoms with Gasteiger partial charge < -0.3 is 0 Å². The van der Waals surface area contributed by atoms with Crippen molar-refractivity contribution in [3.05, 3.63) is 64.1 Å². The summed E-state index contributed by atoms with van der Waals surface area (Å²) in [6, 6.07) is 10.2. The third-order valence-electron chi connectivity index (χ3n) is 2.43. The zero-order chi connectivity index (χ0) is 13.8. The van der Waals surface area contributed by atoms with E-state index < -0.39 is 11.6 Å². The summed E-state index contributed by atoms with van der Waals surface area (Å²) in [6.07, 6.45) is 0. The minimum atomic E-state index is -0.522. The van der Waals surface area contributed by atoms with Gasteiger partial charge in [-0.05, 0) is 24.3 Å². The molecule has 98 valence electrons. The second-order valence-corrected chi connectivity index (χ2v) is 5.64. The molecule has 2 aromatic rings. The van der Waals surface area contributed by atoms with Gasteiger partial charge in [-0.3, -0.25) is 4.79 Å². The molecule has 0 aromatic heterocycles. The highest BCUT2D eigenvalue weighted by Gasteiger charge is 2.12. The van der Waals surface area contributed by atoms with Gasteiger partial charge in [0.2, 0.25) is 0 Å². The first kappa shape index (κ1) is 14.2. The van der Waals surface area contributed by atoms with Gasteiger partial charge in [-0.25, -0.2) is 8.78 Å². The lowest BCUT2D eigenvalue weighted by Gasteiger charge is -2.04. The van der Waals surface area contributed by atoms with E-state index in [4.69, 9.17) is 0 Å². The van der Waals surface area contributed by atoms with Crippen molar-refractivity contribution in [2.45, 2.75) is 4.90 Å². The van der Waals surface area contributed by atoms with E-state index in [1.54, 1.807) is 24.3 Å². The predicted molar refractivity (Wildman–Crippen MR) is 75.6 cm³/mol. The molecule has 0 radical (unpaired) electrons. The smallest absolute Gasteiger partial charge is 0.174 e. The topological polar surface area (TPSA) is 17.1 Å². The second kappa shape index (κ2) is 6.30. The first-order valence-corrected chi connectivity index (χ1v) is 7.21. The van der Waals surface area contributed by atoms with Crippen LogP contribution in [0.2, 0.25) is 0 Å². The number of carbonyl (C=O) groups is 1. The van der Waals surface area contributed by atoms with Gasteiger partial charge in [0, 0.05) is 14.9 Å². The van der Waals surface area contributed by atoms with Gasteiger partial charge in [0.15, 0.2) is 5.78 Å². The Balaban J connectivity index is 2.09. The summed E-state index contributed by atoms with van der Waals surface area (Å²) in [7, 11) is 0. The molecular formula is C14H9BrF2OS. The largest absolute Gasteiger partial charge is 0.293 e. The number of thioether (sulfide) groups is 1. The van der Waals surface area contributed by atoms with Crippen molar-refractivity contribution in [1.82, 2.24) is 0 Å². The van der Waals surface area contributed by atoms with Crippen LogP contribution in [0.3, 0.4) is 0 Å². The van der Waals surface area contributed by atoms with Gasteiger partial charge in [-0.15, -0.1) is 11.8 Å².